The van der Waals surface area contributed by atoms with Gasteiger partial charge in [0.2, 0.25) is 5.91 Å². The Balaban J connectivity index is 1.85. The summed E-state index contributed by atoms with van der Waals surface area (Å²) in [6, 6.07) is 2.04. The van der Waals surface area contributed by atoms with Crippen molar-refractivity contribution < 1.29 is 9.53 Å². The van der Waals surface area contributed by atoms with E-state index in [1.54, 1.807) is 7.11 Å². The zero-order valence-corrected chi connectivity index (χ0v) is 15.5. The molecule has 7 heteroatoms. The van der Waals surface area contributed by atoms with Gasteiger partial charge in [0.15, 0.2) is 0 Å². The lowest BCUT2D eigenvalue weighted by Crippen LogP contribution is -2.35. The predicted molar refractivity (Wildman–Crippen MR) is 103 cm³/mol. The van der Waals surface area contributed by atoms with Crippen molar-refractivity contribution in [1.82, 2.24) is 4.98 Å². The van der Waals surface area contributed by atoms with Crippen LogP contribution in [0.3, 0.4) is 0 Å². The summed E-state index contributed by atoms with van der Waals surface area (Å²) in [6.07, 6.45) is 6.73. The SMILES string of the molecule is COCCCC1CCCN(c2ccnc3sc(CC(N)=O)c(N)c23)C1. The van der Waals surface area contributed by atoms with E-state index in [0.717, 1.165) is 46.9 Å². The van der Waals surface area contributed by atoms with Crippen molar-refractivity contribution in [2.75, 3.05) is 37.4 Å². The molecule has 2 aromatic rings. The number of fused-ring (bicyclic) bond motifs is 1. The number of methoxy groups -OCH3 is 1. The van der Waals surface area contributed by atoms with Gasteiger partial charge in [-0.05, 0) is 37.7 Å². The molecule has 0 spiro atoms. The van der Waals surface area contributed by atoms with Crippen LogP contribution in [0, 0.1) is 5.92 Å². The van der Waals surface area contributed by atoms with E-state index in [-0.39, 0.29) is 12.3 Å². The van der Waals surface area contributed by atoms with Crippen LogP contribution in [0.1, 0.15) is 30.6 Å². The Morgan fingerprint density at radius 3 is 3.12 bits per heavy atom. The van der Waals surface area contributed by atoms with Gasteiger partial charge in [-0.1, -0.05) is 0 Å². The normalized spacial score (nSPS) is 18.0. The fraction of sp³-hybridized carbons (Fsp3) is 0.556. The number of amides is 1. The number of rotatable bonds is 7. The topological polar surface area (TPSA) is 94.5 Å². The van der Waals surface area contributed by atoms with Crippen LogP contribution >= 0.6 is 11.3 Å². The number of nitrogen functional groups attached to an aromatic ring is 1. The summed E-state index contributed by atoms with van der Waals surface area (Å²) in [7, 11) is 1.75. The molecule has 1 unspecified atom stereocenters. The van der Waals surface area contributed by atoms with Crippen LogP contribution in [0.25, 0.3) is 10.2 Å². The van der Waals surface area contributed by atoms with Crippen LogP contribution in [-0.2, 0) is 16.0 Å². The van der Waals surface area contributed by atoms with Gasteiger partial charge in [-0.3, -0.25) is 4.79 Å². The highest BCUT2D eigenvalue weighted by Gasteiger charge is 2.24. The van der Waals surface area contributed by atoms with Gasteiger partial charge in [0, 0.05) is 37.9 Å². The van der Waals surface area contributed by atoms with E-state index in [2.05, 4.69) is 9.88 Å². The van der Waals surface area contributed by atoms with Gasteiger partial charge >= 0.3 is 0 Å². The molecule has 3 rings (SSSR count). The minimum Gasteiger partial charge on any atom is -0.397 e. The molecule has 0 aliphatic carbocycles. The minimum absolute atomic E-state index is 0.173. The van der Waals surface area contributed by atoms with Crippen LogP contribution in [0.2, 0.25) is 0 Å². The Labute approximate surface area is 152 Å². The highest BCUT2D eigenvalue weighted by atomic mass is 32.1. The predicted octanol–water partition coefficient (Wildman–Crippen LogP) is 2.55. The van der Waals surface area contributed by atoms with Gasteiger partial charge in [-0.2, -0.15) is 0 Å². The number of aromatic nitrogens is 1. The molecule has 1 saturated heterocycles. The Hall–Kier alpha value is -1.86. The van der Waals surface area contributed by atoms with Gasteiger partial charge in [-0.15, -0.1) is 11.3 Å². The second kappa shape index (κ2) is 8.01. The highest BCUT2D eigenvalue weighted by molar-refractivity contribution is 7.19. The number of carbonyl (C=O) groups excluding carboxylic acids is 1. The first-order valence-corrected chi connectivity index (χ1v) is 9.59. The van der Waals surface area contributed by atoms with Gasteiger partial charge in [0.25, 0.3) is 0 Å². The summed E-state index contributed by atoms with van der Waals surface area (Å²) < 4.78 is 5.18. The average molecular weight is 362 g/mol. The molecule has 136 valence electrons. The molecule has 2 aromatic heterocycles. The summed E-state index contributed by atoms with van der Waals surface area (Å²) in [4.78, 5) is 19.8. The van der Waals surface area contributed by atoms with Crippen molar-refractivity contribution in [3.8, 4) is 0 Å². The number of ether oxygens (including phenoxy) is 1. The monoisotopic (exact) mass is 362 g/mol. The molecule has 3 heterocycles. The van der Waals surface area contributed by atoms with Crippen molar-refractivity contribution in [3.63, 3.8) is 0 Å². The molecule has 1 fully saturated rings. The second-order valence-corrected chi connectivity index (χ2v) is 7.77. The van der Waals surface area contributed by atoms with Gasteiger partial charge in [0.05, 0.1) is 23.2 Å². The number of nitrogens with zero attached hydrogens (tertiary/aromatic N) is 2. The molecule has 25 heavy (non-hydrogen) atoms. The maximum atomic E-state index is 11.3. The Morgan fingerprint density at radius 2 is 2.36 bits per heavy atom. The smallest absolute Gasteiger partial charge is 0.222 e. The quantitative estimate of drug-likeness (QED) is 0.738. The number of hydrogen-bond acceptors (Lipinski definition) is 6. The van der Waals surface area contributed by atoms with Crippen molar-refractivity contribution >= 4 is 38.8 Å². The second-order valence-electron chi connectivity index (χ2n) is 6.68. The molecule has 1 amide bonds. The third kappa shape index (κ3) is 4.04. The molecule has 0 radical (unpaired) electrons. The number of pyridine rings is 1. The van der Waals surface area contributed by atoms with Crippen molar-refractivity contribution in [2.24, 2.45) is 11.7 Å². The average Bonchev–Trinajstić information content (AvgIpc) is 2.91. The van der Waals surface area contributed by atoms with Crippen molar-refractivity contribution in [2.45, 2.75) is 32.1 Å². The summed E-state index contributed by atoms with van der Waals surface area (Å²) in [5.41, 5.74) is 13.5. The zero-order valence-electron chi connectivity index (χ0n) is 14.7. The summed E-state index contributed by atoms with van der Waals surface area (Å²) in [6.45, 7) is 2.88. The fourth-order valence-electron chi connectivity index (χ4n) is 3.66. The Bertz CT molecular complexity index is 746. The Morgan fingerprint density at radius 1 is 1.52 bits per heavy atom. The van der Waals surface area contributed by atoms with Gasteiger partial charge < -0.3 is 21.1 Å². The molecule has 1 aliphatic rings. The third-order valence-electron chi connectivity index (χ3n) is 4.84. The zero-order chi connectivity index (χ0) is 17.8. The van der Waals surface area contributed by atoms with Gasteiger partial charge in [0.1, 0.15) is 4.83 Å². The molecule has 0 bridgehead atoms. The van der Waals surface area contributed by atoms with Crippen LogP contribution in [0.4, 0.5) is 11.4 Å². The van der Waals surface area contributed by atoms with Crippen molar-refractivity contribution in [3.05, 3.63) is 17.1 Å². The lowest BCUT2D eigenvalue weighted by atomic mass is 9.93. The van der Waals surface area contributed by atoms with E-state index in [1.165, 1.54) is 30.6 Å². The van der Waals surface area contributed by atoms with E-state index in [0.29, 0.717) is 11.6 Å². The number of piperidine rings is 1. The fourth-order valence-corrected chi connectivity index (χ4v) is 4.75. The molecule has 0 aromatic carbocycles. The largest absolute Gasteiger partial charge is 0.397 e. The van der Waals surface area contributed by atoms with E-state index in [1.807, 2.05) is 12.3 Å². The lowest BCUT2D eigenvalue weighted by Gasteiger charge is -2.35. The van der Waals surface area contributed by atoms with Crippen molar-refractivity contribution in [1.29, 1.82) is 0 Å². The van der Waals surface area contributed by atoms with E-state index in [4.69, 9.17) is 16.2 Å². The third-order valence-corrected chi connectivity index (χ3v) is 5.95. The summed E-state index contributed by atoms with van der Waals surface area (Å²) in [5, 5.41) is 0.973. The summed E-state index contributed by atoms with van der Waals surface area (Å²) >= 11 is 1.47. The first-order valence-electron chi connectivity index (χ1n) is 8.78. The molecule has 4 N–H and O–H groups in total. The van der Waals surface area contributed by atoms with Crippen LogP contribution < -0.4 is 16.4 Å². The van der Waals surface area contributed by atoms with Crippen LogP contribution in [0.15, 0.2) is 12.3 Å². The maximum Gasteiger partial charge on any atom is 0.222 e. The number of nitrogens with two attached hydrogens (primary N) is 2. The first-order chi connectivity index (χ1) is 12.1. The van der Waals surface area contributed by atoms with Crippen LogP contribution in [-0.4, -0.2) is 37.7 Å². The number of hydrogen-bond donors (Lipinski definition) is 2. The maximum absolute atomic E-state index is 11.3. The lowest BCUT2D eigenvalue weighted by molar-refractivity contribution is -0.117. The molecule has 1 atom stereocenters. The first kappa shape index (κ1) is 17.9. The van der Waals surface area contributed by atoms with Crippen LogP contribution in [0.5, 0.6) is 0 Å². The molecular formula is C18H26N4O2S. The Kier molecular flexibility index (Phi) is 5.75. The standard InChI is InChI=1S/C18H26N4O2S/c1-24-9-3-5-12-4-2-8-22(11-12)13-6-7-21-18-16(13)17(20)14(25-18)10-15(19)23/h6-7,12H,2-5,8-11,20H2,1H3,(H2,19,23). The highest BCUT2D eigenvalue weighted by Crippen LogP contribution is 2.40. The molecule has 1 aliphatic heterocycles. The number of thiophene rings is 1. The number of primary amides is 1. The molecular weight excluding hydrogens is 336 g/mol. The molecule has 6 nitrogen and oxygen atoms in total. The number of anilines is 2. The molecule has 0 saturated carbocycles. The van der Waals surface area contributed by atoms with E-state index < -0.39 is 0 Å². The van der Waals surface area contributed by atoms with E-state index in [9.17, 15) is 4.79 Å². The minimum atomic E-state index is -0.365. The number of carbonyl (C=O) groups is 1. The van der Waals surface area contributed by atoms with E-state index >= 15 is 0 Å². The summed E-state index contributed by atoms with van der Waals surface area (Å²) in [5.74, 6) is 0.313. The van der Waals surface area contributed by atoms with Gasteiger partial charge in [-0.25, -0.2) is 4.98 Å².